The first-order valence-corrected chi connectivity index (χ1v) is 20.2. The molecule has 0 bridgehead atoms. The number of halogens is 2. The van der Waals surface area contributed by atoms with Crippen LogP contribution in [0.15, 0.2) is 115 Å². The Morgan fingerprint density at radius 3 is 2.04 bits per heavy atom. The highest BCUT2D eigenvalue weighted by Crippen LogP contribution is 2.29. The van der Waals surface area contributed by atoms with E-state index in [-0.39, 0.29) is 50.3 Å². The Hall–Kier alpha value is -4.96. The van der Waals surface area contributed by atoms with Crippen LogP contribution in [0.4, 0.5) is 0 Å². The summed E-state index contributed by atoms with van der Waals surface area (Å²) in [6.07, 6.45) is 0.102. The van der Waals surface area contributed by atoms with Gasteiger partial charge in [-0.05, 0) is 62.4 Å². The molecule has 2 atom stereocenters. The van der Waals surface area contributed by atoms with E-state index in [9.17, 15) is 19.2 Å². The van der Waals surface area contributed by atoms with Gasteiger partial charge < -0.3 is 20.0 Å². The van der Waals surface area contributed by atoms with Crippen LogP contribution in [-0.2, 0) is 44.1 Å². The molecule has 1 N–H and O–H groups in total. The highest BCUT2D eigenvalue weighted by atomic mass is 35.5. The van der Waals surface area contributed by atoms with E-state index in [1.54, 1.807) is 25.2 Å². The fourth-order valence-electron chi connectivity index (χ4n) is 6.80. The second kappa shape index (κ2) is 17.9. The number of likely N-dealkylation sites (N-methyl/N-ethyl adjacent to an activating group) is 1. The van der Waals surface area contributed by atoms with Crippen molar-refractivity contribution in [2.24, 2.45) is 0 Å². The Bertz CT molecular complexity index is 2170. The highest BCUT2D eigenvalue weighted by molar-refractivity contribution is 7.10. The number of nitrogens with one attached hydrogen (secondary N) is 1. The minimum atomic E-state index is -0.993. The summed E-state index contributed by atoms with van der Waals surface area (Å²) in [7, 11) is 1.60. The van der Waals surface area contributed by atoms with Gasteiger partial charge >= 0.3 is 0 Å². The zero-order valence-electron chi connectivity index (χ0n) is 32.0. The quantitative estimate of drug-likeness (QED) is 0.170. The number of nitrogens with zero attached hydrogens (tertiary/aromatic N) is 3. The molecule has 290 valence electrons. The summed E-state index contributed by atoms with van der Waals surface area (Å²) in [5.74, 6) is -1.56. The van der Waals surface area contributed by atoms with Gasteiger partial charge in [-0.3, -0.25) is 19.2 Å². The third-order valence-electron chi connectivity index (χ3n) is 10.1. The van der Waals surface area contributed by atoms with Crippen LogP contribution in [0.3, 0.4) is 0 Å². The van der Waals surface area contributed by atoms with Crippen LogP contribution in [0, 0.1) is 0 Å². The number of rotatable bonds is 8. The fraction of sp³-hybridized carbons (Fsp3) is 0.289. The van der Waals surface area contributed by atoms with Gasteiger partial charge in [0.25, 0.3) is 0 Å². The summed E-state index contributed by atoms with van der Waals surface area (Å²) in [4.78, 5) is 63.0. The molecule has 0 spiro atoms. The van der Waals surface area contributed by atoms with Crippen molar-refractivity contribution in [3.05, 3.63) is 152 Å². The number of amides is 4. The second-order valence-corrected chi connectivity index (χ2v) is 17.1. The molecule has 0 saturated carbocycles. The van der Waals surface area contributed by atoms with Gasteiger partial charge in [-0.25, -0.2) is 0 Å². The van der Waals surface area contributed by atoms with E-state index in [0.717, 1.165) is 32.7 Å². The molecule has 56 heavy (non-hydrogen) atoms. The number of carbonyl (C=O) groups excluding carboxylic acids is 4. The summed E-state index contributed by atoms with van der Waals surface area (Å²) in [6.45, 7) is 6.03. The van der Waals surface area contributed by atoms with Gasteiger partial charge in [0, 0.05) is 24.9 Å². The number of hydrogen-bond acceptors (Lipinski definition) is 5. The summed E-state index contributed by atoms with van der Waals surface area (Å²) in [5.41, 5.74) is 5.38. The minimum Gasteiger partial charge on any atom is -0.347 e. The van der Waals surface area contributed by atoms with Crippen LogP contribution in [0.2, 0.25) is 10.0 Å². The zero-order valence-corrected chi connectivity index (χ0v) is 34.3. The third kappa shape index (κ3) is 10.3. The van der Waals surface area contributed by atoms with Crippen molar-refractivity contribution in [1.29, 1.82) is 0 Å². The van der Waals surface area contributed by atoms with E-state index in [1.165, 1.54) is 26.0 Å². The van der Waals surface area contributed by atoms with Crippen molar-refractivity contribution in [1.82, 2.24) is 20.0 Å². The smallest absolute Gasteiger partial charge is 0.246 e. The number of carbonyl (C=O) groups is 4. The maximum atomic E-state index is 14.9. The molecule has 5 aromatic rings. The van der Waals surface area contributed by atoms with Crippen LogP contribution >= 0.6 is 34.5 Å². The largest absolute Gasteiger partial charge is 0.347 e. The average Bonchev–Trinajstić information content (AvgIpc) is 3.66. The molecular weight excluding hydrogens is 763 g/mol. The Balaban J connectivity index is 1.39. The normalized spacial score (nSPS) is 17.6. The molecule has 8 nitrogen and oxygen atoms in total. The van der Waals surface area contributed by atoms with Crippen molar-refractivity contribution in [2.75, 3.05) is 20.1 Å². The van der Waals surface area contributed by atoms with E-state index in [4.69, 9.17) is 23.2 Å². The van der Waals surface area contributed by atoms with E-state index >= 15 is 0 Å². The van der Waals surface area contributed by atoms with Gasteiger partial charge in [-0.1, -0.05) is 135 Å². The number of thiophene rings is 1. The summed E-state index contributed by atoms with van der Waals surface area (Å²) < 4.78 is 0. The van der Waals surface area contributed by atoms with Crippen LogP contribution in [-0.4, -0.2) is 64.5 Å². The lowest BCUT2D eigenvalue weighted by atomic mass is 9.86. The molecule has 0 aliphatic carbocycles. The van der Waals surface area contributed by atoms with Crippen molar-refractivity contribution in [2.45, 2.75) is 64.2 Å². The van der Waals surface area contributed by atoms with E-state index in [1.807, 2.05) is 96.4 Å². The first-order valence-electron chi connectivity index (χ1n) is 18.6. The lowest BCUT2D eigenvalue weighted by Crippen LogP contribution is -2.53. The summed E-state index contributed by atoms with van der Waals surface area (Å²) in [6, 6.07) is 32.7. The Kier molecular flexibility index (Phi) is 13.0. The minimum absolute atomic E-state index is 0.0355. The molecule has 1 fully saturated rings. The molecule has 4 aromatic carbocycles. The maximum Gasteiger partial charge on any atom is 0.246 e. The molecule has 1 saturated heterocycles. The topological polar surface area (TPSA) is 90.0 Å². The van der Waals surface area contributed by atoms with Crippen molar-refractivity contribution >= 4 is 58.2 Å². The van der Waals surface area contributed by atoms with Crippen LogP contribution in [0.5, 0.6) is 0 Å². The standard InChI is InChI=1S/C45H46Cl2N4O4S/c1-45(2,3)35-18-15-30(16-19-35)22-40-44(55)51(25-31-17-20-37(46)38(47)21-31)27-41(52)48-39(33-13-9-6-10-14-33)24-42(53)50(28-43(54)49(40)4)26-36-23-34(29-56-36)32-11-7-5-8-12-32/h5-21,23,29,39-40H,22,24-28H2,1-4H3,(H,48,52)/t39-,40-/m0/s1. The summed E-state index contributed by atoms with van der Waals surface area (Å²) >= 11 is 14.1. The molecule has 1 aliphatic rings. The van der Waals surface area contributed by atoms with Crippen molar-refractivity contribution in [3.63, 3.8) is 0 Å². The molecule has 1 aliphatic heterocycles. The van der Waals surface area contributed by atoms with E-state index in [0.29, 0.717) is 15.6 Å². The molecule has 1 aromatic heterocycles. The zero-order chi connectivity index (χ0) is 40.0. The molecular formula is C45H46Cl2N4O4S. The van der Waals surface area contributed by atoms with Crippen LogP contribution < -0.4 is 5.32 Å². The maximum absolute atomic E-state index is 14.9. The van der Waals surface area contributed by atoms with Crippen molar-refractivity contribution in [3.8, 4) is 11.1 Å². The molecule has 11 heteroatoms. The Morgan fingerprint density at radius 1 is 0.714 bits per heavy atom. The first-order chi connectivity index (χ1) is 26.7. The van der Waals surface area contributed by atoms with Gasteiger partial charge in [0.15, 0.2) is 0 Å². The lowest BCUT2D eigenvalue weighted by Gasteiger charge is -2.33. The fourth-order valence-corrected chi connectivity index (χ4v) is 8.03. The summed E-state index contributed by atoms with van der Waals surface area (Å²) in [5, 5.41) is 5.78. The van der Waals surface area contributed by atoms with Crippen LogP contribution in [0.1, 0.15) is 60.4 Å². The predicted octanol–water partition coefficient (Wildman–Crippen LogP) is 8.71. The Morgan fingerprint density at radius 2 is 1.38 bits per heavy atom. The first kappa shape index (κ1) is 40.7. The number of benzene rings is 4. The predicted molar refractivity (Wildman–Crippen MR) is 224 cm³/mol. The van der Waals surface area contributed by atoms with Crippen LogP contribution in [0.25, 0.3) is 11.1 Å². The molecule has 0 unspecified atom stereocenters. The lowest BCUT2D eigenvalue weighted by molar-refractivity contribution is -0.148. The van der Waals surface area contributed by atoms with Gasteiger partial charge in [0.05, 0.1) is 35.6 Å². The highest BCUT2D eigenvalue weighted by Gasteiger charge is 2.35. The molecule has 2 heterocycles. The van der Waals surface area contributed by atoms with Gasteiger partial charge in [0.1, 0.15) is 12.6 Å². The van der Waals surface area contributed by atoms with E-state index < -0.39 is 29.8 Å². The average molecular weight is 810 g/mol. The SMILES string of the molecule is CN1C(=O)CN(Cc2cc(-c3ccccc3)cs2)C(=O)C[C@@H](c2ccccc2)NC(=O)CN(Cc2ccc(Cl)c(Cl)c2)C(=O)[C@@H]1Cc1ccc(C(C)(C)C)cc1. The monoisotopic (exact) mass is 808 g/mol. The van der Waals surface area contributed by atoms with Gasteiger partial charge in [0.2, 0.25) is 23.6 Å². The third-order valence-corrected chi connectivity index (χ3v) is 11.8. The molecule has 4 amide bonds. The molecule has 6 rings (SSSR count). The second-order valence-electron chi connectivity index (χ2n) is 15.3. The van der Waals surface area contributed by atoms with E-state index in [2.05, 4.69) is 26.1 Å². The van der Waals surface area contributed by atoms with Crippen molar-refractivity contribution < 1.29 is 19.2 Å². The number of hydrogen-bond donors (Lipinski definition) is 1. The van der Waals surface area contributed by atoms with Gasteiger partial charge in [-0.15, -0.1) is 11.3 Å². The van der Waals surface area contributed by atoms with Gasteiger partial charge in [-0.2, -0.15) is 0 Å². The Labute approximate surface area is 343 Å². The molecule has 0 radical (unpaired) electrons.